The first-order valence-electron chi connectivity index (χ1n) is 13.2. The Kier molecular flexibility index (Phi) is 8.08. The van der Waals surface area contributed by atoms with E-state index in [1.807, 2.05) is 87.5 Å². The lowest BCUT2D eigenvalue weighted by molar-refractivity contribution is -0.320. The van der Waals surface area contributed by atoms with Gasteiger partial charge in [-0.15, -0.1) is 0 Å². The van der Waals surface area contributed by atoms with Gasteiger partial charge in [-0.25, -0.2) is 8.42 Å². The topological polar surface area (TPSA) is 61.8 Å². The van der Waals surface area contributed by atoms with Crippen LogP contribution in [0.2, 0.25) is 5.04 Å². The SMILES string of the molecule is CC1OC(C)(C)OCC1(CS(=O)(=O)Cc1ccccc1)O[Si](c1ccccc1)(c1ccccc1)C(C)(C)C. The number of hydrogen-bond donors (Lipinski definition) is 0. The lowest BCUT2D eigenvalue weighted by atomic mass is 9.99. The van der Waals surface area contributed by atoms with Gasteiger partial charge in [-0.3, -0.25) is 0 Å². The van der Waals surface area contributed by atoms with E-state index < -0.39 is 35.6 Å². The van der Waals surface area contributed by atoms with E-state index >= 15 is 0 Å². The summed E-state index contributed by atoms with van der Waals surface area (Å²) in [5, 5.41) is 1.82. The van der Waals surface area contributed by atoms with Gasteiger partial charge >= 0.3 is 0 Å². The molecule has 3 aromatic carbocycles. The molecule has 7 heteroatoms. The highest BCUT2D eigenvalue weighted by atomic mass is 32.2. The molecule has 4 rings (SSSR count). The molecule has 2 atom stereocenters. The number of rotatable bonds is 8. The van der Waals surface area contributed by atoms with E-state index in [9.17, 15) is 8.42 Å². The van der Waals surface area contributed by atoms with Crippen LogP contribution >= 0.6 is 0 Å². The summed E-state index contributed by atoms with van der Waals surface area (Å²) in [4.78, 5) is 0. The third kappa shape index (κ3) is 5.97. The van der Waals surface area contributed by atoms with Gasteiger partial charge in [0, 0.05) is 0 Å². The Morgan fingerprint density at radius 1 is 0.868 bits per heavy atom. The molecule has 38 heavy (non-hydrogen) atoms. The van der Waals surface area contributed by atoms with Crippen LogP contribution in [-0.4, -0.2) is 46.6 Å². The number of ether oxygens (including phenoxy) is 2. The quantitative estimate of drug-likeness (QED) is 0.365. The summed E-state index contributed by atoms with van der Waals surface area (Å²) in [7, 11) is -6.72. The normalized spacial score (nSPS) is 22.2. The van der Waals surface area contributed by atoms with Crippen LogP contribution in [-0.2, 0) is 29.5 Å². The van der Waals surface area contributed by atoms with E-state index in [2.05, 4.69) is 45.0 Å². The molecule has 1 heterocycles. The highest BCUT2D eigenvalue weighted by Crippen LogP contribution is 2.43. The van der Waals surface area contributed by atoms with Crippen molar-refractivity contribution in [2.75, 3.05) is 12.4 Å². The maximum absolute atomic E-state index is 13.8. The molecule has 0 amide bonds. The third-order valence-corrected chi connectivity index (χ3v) is 14.2. The third-order valence-electron chi connectivity index (χ3n) is 7.33. The average molecular weight is 553 g/mol. The van der Waals surface area contributed by atoms with Crippen LogP contribution in [0, 0.1) is 0 Å². The second-order valence-corrected chi connectivity index (χ2v) is 18.1. The fourth-order valence-corrected chi connectivity index (χ4v) is 12.4. The summed E-state index contributed by atoms with van der Waals surface area (Å²) in [6.07, 6.45) is -0.529. The summed E-state index contributed by atoms with van der Waals surface area (Å²) in [6.45, 7) is 12.3. The van der Waals surface area contributed by atoms with Gasteiger partial charge in [0.05, 0.1) is 24.2 Å². The Labute approximate surface area is 229 Å². The molecule has 0 saturated carbocycles. The van der Waals surface area contributed by atoms with Crippen molar-refractivity contribution in [3.63, 3.8) is 0 Å². The molecule has 1 saturated heterocycles. The maximum atomic E-state index is 13.8. The minimum Gasteiger partial charge on any atom is -0.396 e. The van der Waals surface area contributed by atoms with Gasteiger partial charge in [0.2, 0.25) is 0 Å². The van der Waals surface area contributed by atoms with Crippen LogP contribution in [0.5, 0.6) is 0 Å². The van der Waals surface area contributed by atoms with Crippen molar-refractivity contribution in [2.24, 2.45) is 0 Å². The lowest BCUT2D eigenvalue weighted by Crippen LogP contribution is -2.74. The highest BCUT2D eigenvalue weighted by molar-refractivity contribution is 7.90. The fourth-order valence-electron chi connectivity index (χ4n) is 5.49. The smallest absolute Gasteiger partial charge is 0.262 e. The van der Waals surface area contributed by atoms with Crippen LogP contribution in [0.25, 0.3) is 0 Å². The molecule has 0 aliphatic carbocycles. The Morgan fingerprint density at radius 2 is 1.34 bits per heavy atom. The van der Waals surface area contributed by atoms with Gasteiger partial charge in [-0.2, -0.15) is 0 Å². The lowest BCUT2D eigenvalue weighted by Gasteiger charge is -2.54. The molecule has 3 aromatic rings. The number of hydrogen-bond acceptors (Lipinski definition) is 5. The highest BCUT2D eigenvalue weighted by Gasteiger charge is 2.59. The molecule has 5 nitrogen and oxygen atoms in total. The first kappa shape index (κ1) is 28.7. The monoisotopic (exact) mass is 552 g/mol. The minimum absolute atomic E-state index is 0.0736. The van der Waals surface area contributed by atoms with Gasteiger partial charge in [0.25, 0.3) is 8.32 Å². The minimum atomic E-state index is -3.61. The molecule has 1 aliphatic heterocycles. The van der Waals surface area contributed by atoms with E-state index in [-0.39, 0.29) is 23.2 Å². The van der Waals surface area contributed by atoms with Gasteiger partial charge < -0.3 is 13.9 Å². The molecule has 2 unspecified atom stereocenters. The van der Waals surface area contributed by atoms with Gasteiger partial charge in [0.15, 0.2) is 15.6 Å². The van der Waals surface area contributed by atoms with E-state index in [0.29, 0.717) is 0 Å². The predicted octanol–water partition coefficient (Wildman–Crippen LogP) is 5.09. The molecule has 0 spiro atoms. The van der Waals surface area contributed by atoms with Crippen molar-refractivity contribution in [3.8, 4) is 0 Å². The molecule has 204 valence electrons. The summed E-state index contributed by atoms with van der Waals surface area (Å²) in [6, 6.07) is 29.8. The molecule has 0 radical (unpaired) electrons. The molecular formula is C31H40O5SSi. The second kappa shape index (κ2) is 10.7. The van der Waals surface area contributed by atoms with Crippen LogP contribution in [0.4, 0.5) is 0 Å². The van der Waals surface area contributed by atoms with Crippen molar-refractivity contribution in [1.29, 1.82) is 0 Å². The largest absolute Gasteiger partial charge is 0.396 e. The summed E-state index contributed by atoms with van der Waals surface area (Å²) >= 11 is 0. The summed E-state index contributed by atoms with van der Waals surface area (Å²) in [5.41, 5.74) is -0.465. The number of benzene rings is 3. The van der Waals surface area contributed by atoms with Gasteiger partial charge in [-0.05, 0) is 41.7 Å². The first-order valence-corrected chi connectivity index (χ1v) is 16.9. The standard InChI is InChI=1S/C31H40O5SSi/c1-25-31(23-34-30(5,6)35-25,24-37(32,33)22-26-16-10-7-11-17-26)36-38(29(2,3)4,27-18-12-8-13-19-27)28-20-14-9-15-21-28/h7-21,25H,22-24H2,1-6H3. The Hall–Kier alpha value is -2.29. The fraction of sp³-hybridized carbons (Fsp3) is 0.419. The Morgan fingerprint density at radius 3 is 1.79 bits per heavy atom. The van der Waals surface area contributed by atoms with Crippen molar-refractivity contribution in [2.45, 2.75) is 69.8 Å². The Bertz CT molecular complexity index is 1270. The molecular weight excluding hydrogens is 512 g/mol. The van der Waals surface area contributed by atoms with E-state index in [1.165, 1.54) is 0 Å². The van der Waals surface area contributed by atoms with Crippen molar-refractivity contribution < 1.29 is 22.3 Å². The maximum Gasteiger partial charge on any atom is 0.262 e. The number of sulfone groups is 1. The molecule has 1 aliphatic rings. The van der Waals surface area contributed by atoms with Crippen LogP contribution in [0.3, 0.4) is 0 Å². The van der Waals surface area contributed by atoms with Crippen LogP contribution in [0.15, 0.2) is 91.0 Å². The Balaban J connectivity index is 1.89. The average Bonchev–Trinajstić information content (AvgIpc) is 2.85. The van der Waals surface area contributed by atoms with Gasteiger partial charge in [0.1, 0.15) is 5.60 Å². The predicted molar refractivity (Wildman–Crippen MR) is 156 cm³/mol. The molecule has 0 bridgehead atoms. The van der Waals surface area contributed by atoms with Gasteiger partial charge in [-0.1, -0.05) is 112 Å². The second-order valence-electron chi connectivity index (χ2n) is 11.8. The van der Waals surface area contributed by atoms with Crippen LogP contribution < -0.4 is 10.4 Å². The summed E-state index contributed by atoms with van der Waals surface area (Å²) < 4.78 is 47.6. The zero-order chi connectivity index (χ0) is 27.7. The van der Waals surface area contributed by atoms with Crippen molar-refractivity contribution >= 4 is 28.5 Å². The van der Waals surface area contributed by atoms with Crippen LogP contribution in [0.1, 0.15) is 47.1 Å². The molecule has 1 fully saturated rings. The van der Waals surface area contributed by atoms with Crippen molar-refractivity contribution in [1.82, 2.24) is 0 Å². The van der Waals surface area contributed by atoms with E-state index in [4.69, 9.17) is 13.9 Å². The zero-order valence-corrected chi connectivity index (χ0v) is 25.1. The van der Waals surface area contributed by atoms with Crippen molar-refractivity contribution in [3.05, 3.63) is 96.6 Å². The first-order chi connectivity index (χ1) is 17.8. The van der Waals surface area contributed by atoms with E-state index in [0.717, 1.165) is 15.9 Å². The molecule has 0 N–H and O–H groups in total. The molecule has 0 aromatic heterocycles. The zero-order valence-electron chi connectivity index (χ0n) is 23.3. The summed E-state index contributed by atoms with van der Waals surface area (Å²) in [5.74, 6) is -1.13. The van der Waals surface area contributed by atoms with E-state index in [1.54, 1.807) is 0 Å².